The molecule has 126 valence electrons. The topological polar surface area (TPSA) is 74.2 Å². The Bertz CT molecular complexity index is 884. The third-order valence-corrected chi connectivity index (χ3v) is 3.43. The van der Waals surface area contributed by atoms with Crippen LogP contribution in [-0.2, 0) is 9.53 Å². The number of benzene rings is 2. The van der Waals surface area contributed by atoms with Gasteiger partial charge in [-0.1, -0.05) is 24.3 Å². The molecule has 1 aliphatic rings. The molecule has 2 aromatic carbocycles. The van der Waals surface area contributed by atoms with E-state index in [0.29, 0.717) is 22.8 Å². The third kappa shape index (κ3) is 3.74. The summed E-state index contributed by atoms with van der Waals surface area (Å²) < 4.78 is 15.5. The summed E-state index contributed by atoms with van der Waals surface area (Å²) in [5.74, 6) is -0.0323. The van der Waals surface area contributed by atoms with E-state index in [2.05, 4.69) is 4.99 Å². The Morgan fingerprint density at radius 1 is 1.12 bits per heavy atom. The number of rotatable bonds is 4. The summed E-state index contributed by atoms with van der Waals surface area (Å²) in [6.07, 6.45) is 1.57. The molecule has 0 amide bonds. The van der Waals surface area contributed by atoms with Gasteiger partial charge in [0.1, 0.15) is 0 Å². The van der Waals surface area contributed by atoms with E-state index in [0.717, 1.165) is 0 Å². The lowest BCUT2D eigenvalue weighted by molar-refractivity contribution is -0.130. The fraction of sp³-hybridized carbons (Fsp3) is 0.105. The zero-order valence-electron chi connectivity index (χ0n) is 13.7. The molecule has 0 aliphatic carbocycles. The Balaban J connectivity index is 1.84. The average Bonchev–Trinajstić information content (AvgIpc) is 2.94. The Morgan fingerprint density at radius 2 is 1.88 bits per heavy atom. The van der Waals surface area contributed by atoms with Gasteiger partial charge >= 0.3 is 11.9 Å². The van der Waals surface area contributed by atoms with Crippen molar-refractivity contribution in [2.45, 2.75) is 6.92 Å². The first-order valence-electron chi connectivity index (χ1n) is 7.51. The highest BCUT2D eigenvalue weighted by Crippen LogP contribution is 2.30. The number of carbonyl (C=O) groups excluding carboxylic acids is 2. The van der Waals surface area contributed by atoms with Crippen LogP contribution in [0.4, 0.5) is 0 Å². The maximum absolute atomic E-state index is 12.2. The van der Waals surface area contributed by atoms with Crippen LogP contribution in [0.15, 0.2) is 59.2 Å². The monoisotopic (exact) mass is 337 g/mol. The van der Waals surface area contributed by atoms with E-state index in [-0.39, 0.29) is 11.4 Å². The third-order valence-electron chi connectivity index (χ3n) is 3.43. The molecular weight excluding hydrogens is 322 g/mol. The average molecular weight is 337 g/mol. The van der Waals surface area contributed by atoms with Gasteiger partial charge in [-0.05, 0) is 35.9 Å². The van der Waals surface area contributed by atoms with E-state index < -0.39 is 11.9 Å². The van der Waals surface area contributed by atoms with Gasteiger partial charge in [0.05, 0.1) is 12.7 Å². The minimum absolute atomic E-state index is 0.202. The molecular formula is C19H15NO5. The van der Waals surface area contributed by atoms with Crippen molar-refractivity contribution in [3.8, 4) is 11.5 Å². The highest BCUT2D eigenvalue weighted by molar-refractivity contribution is 6.06. The molecule has 6 nitrogen and oxygen atoms in total. The number of hydrogen-bond donors (Lipinski definition) is 0. The van der Waals surface area contributed by atoms with Crippen molar-refractivity contribution in [3.63, 3.8) is 0 Å². The van der Waals surface area contributed by atoms with E-state index >= 15 is 0 Å². The number of nitrogens with zero attached hydrogens (tertiary/aromatic N) is 1. The van der Waals surface area contributed by atoms with Crippen LogP contribution >= 0.6 is 0 Å². The molecule has 1 aliphatic heterocycles. The molecule has 0 bridgehead atoms. The summed E-state index contributed by atoms with van der Waals surface area (Å²) in [6, 6.07) is 13.6. The Morgan fingerprint density at radius 3 is 2.52 bits per heavy atom. The van der Waals surface area contributed by atoms with Gasteiger partial charge in [0.25, 0.3) is 0 Å². The van der Waals surface area contributed by atoms with Gasteiger partial charge in [-0.2, -0.15) is 0 Å². The predicted octanol–water partition coefficient (Wildman–Crippen LogP) is 3.23. The predicted molar refractivity (Wildman–Crippen MR) is 91.6 cm³/mol. The summed E-state index contributed by atoms with van der Waals surface area (Å²) in [6.45, 7) is 1.60. The van der Waals surface area contributed by atoms with E-state index in [1.165, 1.54) is 7.11 Å². The molecule has 3 rings (SSSR count). The molecule has 0 radical (unpaired) electrons. The van der Waals surface area contributed by atoms with Crippen LogP contribution in [0.2, 0.25) is 0 Å². The summed E-state index contributed by atoms with van der Waals surface area (Å²) >= 11 is 0. The Kier molecular flexibility index (Phi) is 4.61. The highest BCUT2D eigenvalue weighted by Gasteiger charge is 2.20. The molecule has 0 saturated carbocycles. The molecule has 0 fully saturated rings. The van der Waals surface area contributed by atoms with E-state index in [1.807, 2.05) is 6.07 Å². The van der Waals surface area contributed by atoms with Crippen LogP contribution in [0.3, 0.4) is 0 Å². The van der Waals surface area contributed by atoms with Gasteiger partial charge in [0.15, 0.2) is 23.1 Å². The van der Waals surface area contributed by atoms with Crippen LogP contribution < -0.4 is 9.47 Å². The molecule has 1 heterocycles. The smallest absolute Gasteiger partial charge is 0.363 e. The first kappa shape index (κ1) is 16.4. The lowest BCUT2D eigenvalue weighted by atomic mass is 10.1. The lowest BCUT2D eigenvalue weighted by Gasteiger charge is -2.10. The number of aliphatic imine (C=N–C) groups is 1. The number of ether oxygens (including phenoxy) is 3. The molecule has 6 heteroatoms. The summed E-state index contributed by atoms with van der Waals surface area (Å²) in [5, 5.41) is 0. The molecule has 0 atom stereocenters. The van der Waals surface area contributed by atoms with E-state index in [9.17, 15) is 9.59 Å². The Labute approximate surface area is 144 Å². The molecule has 0 spiro atoms. The summed E-state index contributed by atoms with van der Waals surface area (Å²) in [4.78, 5) is 27.8. The van der Waals surface area contributed by atoms with Gasteiger partial charge < -0.3 is 14.2 Å². The maximum atomic E-state index is 12.2. The molecule has 0 unspecified atom stereocenters. The van der Waals surface area contributed by atoms with Crippen LogP contribution in [0, 0.1) is 0 Å². The second kappa shape index (κ2) is 7.00. The minimum Gasteiger partial charge on any atom is -0.493 e. The summed E-state index contributed by atoms with van der Waals surface area (Å²) in [7, 11) is 1.47. The van der Waals surface area contributed by atoms with Crippen LogP contribution in [0.25, 0.3) is 6.08 Å². The van der Waals surface area contributed by atoms with Gasteiger partial charge in [-0.3, -0.25) is 0 Å². The van der Waals surface area contributed by atoms with Gasteiger partial charge in [0.2, 0.25) is 0 Å². The first-order valence-corrected chi connectivity index (χ1v) is 7.51. The molecule has 0 N–H and O–H groups in total. The minimum atomic E-state index is -0.504. The summed E-state index contributed by atoms with van der Waals surface area (Å²) in [5.41, 5.74) is 1.31. The SMILES string of the molecule is COc1cc(C=C2N=C(C)OC2=O)ccc1OC(=O)c1ccccc1. The molecule has 2 aromatic rings. The molecule has 0 aromatic heterocycles. The zero-order chi connectivity index (χ0) is 17.8. The zero-order valence-corrected chi connectivity index (χ0v) is 13.7. The van der Waals surface area contributed by atoms with Crippen LogP contribution in [0.1, 0.15) is 22.8 Å². The van der Waals surface area contributed by atoms with E-state index in [4.69, 9.17) is 14.2 Å². The van der Waals surface area contributed by atoms with Crippen LogP contribution in [0.5, 0.6) is 11.5 Å². The van der Waals surface area contributed by atoms with Crippen molar-refractivity contribution in [2.75, 3.05) is 7.11 Å². The molecule has 0 saturated heterocycles. The first-order chi connectivity index (χ1) is 12.1. The van der Waals surface area contributed by atoms with Gasteiger partial charge in [0, 0.05) is 6.92 Å². The van der Waals surface area contributed by atoms with Crippen molar-refractivity contribution in [3.05, 3.63) is 65.4 Å². The van der Waals surface area contributed by atoms with Gasteiger partial charge in [-0.15, -0.1) is 0 Å². The number of carbonyl (C=O) groups is 2. The fourth-order valence-corrected chi connectivity index (χ4v) is 2.26. The number of esters is 2. The van der Waals surface area contributed by atoms with Crippen molar-refractivity contribution in [2.24, 2.45) is 4.99 Å². The van der Waals surface area contributed by atoms with Crippen molar-refractivity contribution >= 4 is 23.9 Å². The highest BCUT2D eigenvalue weighted by atomic mass is 16.6. The van der Waals surface area contributed by atoms with Crippen molar-refractivity contribution < 1.29 is 23.8 Å². The maximum Gasteiger partial charge on any atom is 0.363 e. The standard InChI is InChI=1S/C19H15NO5/c1-12-20-15(19(22)24-12)10-13-8-9-16(17(11-13)23-2)25-18(21)14-6-4-3-5-7-14/h3-11H,1-2H3. The lowest BCUT2D eigenvalue weighted by Crippen LogP contribution is -2.09. The number of methoxy groups -OCH3 is 1. The molecule has 25 heavy (non-hydrogen) atoms. The van der Waals surface area contributed by atoms with E-state index in [1.54, 1.807) is 55.5 Å². The Hall–Kier alpha value is -3.41. The van der Waals surface area contributed by atoms with Crippen molar-refractivity contribution in [1.82, 2.24) is 0 Å². The second-order valence-electron chi connectivity index (χ2n) is 5.22. The van der Waals surface area contributed by atoms with Crippen LogP contribution in [-0.4, -0.2) is 24.9 Å². The number of cyclic esters (lactones) is 1. The normalized spacial score (nSPS) is 14.9. The fourth-order valence-electron chi connectivity index (χ4n) is 2.26. The number of hydrogen-bond acceptors (Lipinski definition) is 6. The van der Waals surface area contributed by atoms with Crippen molar-refractivity contribution in [1.29, 1.82) is 0 Å². The quantitative estimate of drug-likeness (QED) is 0.486. The van der Waals surface area contributed by atoms with Gasteiger partial charge in [-0.25, -0.2) is 14.6 Å². The second-order valence-corrected chi connectivity index (χ2v) is 5.22. The largest absolute Gasteiger partial charge is 0.493 e.